The van der Waals surface area contributed by atoms with Crippen molar-refractivity contribution in [2.75, 3.05) is 0 Å². The van der Waals surface area contributed by atoms with Crippen molar-refractivity contribution in [3.05, 3.63) is 88.3 Å². The number of hydrogen-bond acceptors (Lipinski definition) is 2. The zero-order valence-corrected chi connectivity index (χ0v) is 13.4. The molecule has 1 N–H and O–H groups in total. The number of nitrogens with one attached hydrogen (secondary N) is 1. The fourth-order valence-corrected chi connectivity index (χ4v) is 3.03. The Labute approximate surface area is 139 Å². The van der Waals surface area contributed by atoms with Gasteiger partial charge in [0.1, 0.15) is 5.82 Å². The highest BCUT2D eigenvalue weighted by Gasteiger charge is 2.15. The molecule has 2 heterocycles. The summed E-state index contributed by atoms with van der Waals surface area (Å²) in [6.07, 6.45) is 1.64. The number of para-hydroxylation sites is 2. The number of aryl methyl sites for hydroxylation is 1. The standard InChI is InChI=1S/C20H17N3O/c1-14-6-4-7-15(12-14)13-23-18-10-3-2-9-17(18)22-19(23)16-8-5-11-21-20(16)24/h2-12H,13H2,1H3,(H,21,24). The second-order valence-corrected chi connectivity index (χ2v) is 5.91. The number of H-pyrrole nitrogens is 1. The lowest BCUT2D eigenvalue weighted by Crippen LogP contribution is -2.11. The van der Waals surface area contributed by atoms with Crippen molar-refractivity contribution in [2.24, 2.45) is 0 Å². The molecule has 0 bridgehead atoms. The average Bonchev–Trinajstić information content (AvgIpc) is 2.94. The lowest BCUT2D eigenvalue weighted by molar-refractivity contribution is 0.831. The molecule has 0 fully saturated rings. The van der Waals surface area contributed by atoms with Gasteiger partial charge in [-0.05, 0) is 36.8 Å². The van der Waals surface area contributed by atoms with Gasteiger partial charge in [0.25, 0.3) is 5.56 Å². The van der Waals surface area contributed by atoms with Gasteiger partial charge in [-0.1, -0.05) is 42.0 Å². The third kappa shape index (κ3) is 2.52. The van der Waals surface area contributed by atoms with Crippen molar-refractivity contribution in [1.29, 1.82) is 0 Å². The van der Waals surface area contributed by atoms with Gasteiger partial charge in [-0.2, -0.15) is 0 Å². The molecule has 24 heavy (non-hydrogen) atoms. The van der Waals surface area contributed by atoms with Crippen molar-refractivity contribution < 1.29 is 0 Å². The molecular formula is C20H17N3O. The van der Waals surface area contributed by atoms with Gasteiger partial charge in [0.2, 0.25) is 0 Å². The molecule has 0 radical (unpaired) electrons. The van der Waals surface area contributed by atoms with Gasteiger partial charge in [-0.15, -0.1) is 0 Å². The summed E-state index contributed by atoms with van der Waals surface area (Å²) in [5.74, 6) is 0.694. The summed E-state index contributed by atoms with van der Waals surface area (Å²) in [5.41, 5.74) is 4.78. The van der Waals surface area contributed by atoms with Crippen LogP contribution in [-0.4, -0.2) is 14.5 Å². The van der Waals surface area contributed by atoms with E-state index in [0.29, 0.717) is 17.9 Å². The van der Waals surface area contributed by atoms with E-state index in [-0.39, 0.29) is 5.56 Å². The summed E-state index contributed by atoms with van der Waals surface area (Å²) in [6, 6.07) is 20.0. The summed E-state index contributed by atoms with van der Waals surface area (Å²) >= 11 is 0. The highest BCUT2D eigenvalue weighted by molar-refractivity contribution is 5.80. The maximum atomic E-state index is 12.2. The first-order valence-electron chi connectivity index (χ1n) is 7.91. The molecule has 0 unspecified atom stereocenters. The first-order valence-corrected chi connectivity index (χ1v) is 7.91. The molecule has 4 rings (SSSR count). The lowest BCUT2D eigenvalue weighted by Gasteiger charge is -2.10. The molecule has 4 nitrogen and oxygen atoms in total. The van der Waals surface area contributed by atoms with Crippen molar-refractivity contribution >= 4 is 11.0 Å². The minimum atomic E-state index is -0.127. The average molecular weight is 315 g/mol. The highest BCUT2D eigenvalue weighted by Crippen LogP contribution is 2.24. The number of pyridine rings is 1. The third-order valence-electron chi connectivity index (χ3n) is 4.14. The molecule has 2 aromatic carbocycles. The Morgan fingerprint density at radius 2 is 1.92 bits per heavy atom. The van der Waals surface area contributed by atoms with Crippen LogP contribution in [0.25, 0.3) is 22.4 Å². The molecule has 4 heteroatoms. The second-order valence-electron chi connectivity index (χ2n) is 5.91. The Bertz CT molecular complexity index is 1080. The second kappa shape index (κ2) is 5.81. The lowest BCUT2D eigenvalue weighted by atomic mass is 10.1. The molecule has 0 saturated carbocycles. The molecule has 0 aliphatic heterocycles. The maximum absolute atomic E-state index is 12.2. The van der Waals surface area contributed by atoms with Gasteiger partial charge < -0.3 is 9.55 Å². The van der Waals surface area contributed by atoms with Gasteiger partial charge in [0.05, 0.1) is 16.6 Å². The van der Waals surface area contributed by atoms with Crippen LogP contribution in [0.4, 0.5) is 0 Å². The first-order chi connectivity index (χ1) is 11.7. The van der Waals surface area contributed by atoms with Crippen LogP contribution < -0.4 is 5.56 Å². The Morgan fingerprint density at radius 3 is 2.75 bits per heavy atom. The van der Waals surface area contributed by atoms with E-state index < -0.39 is 0 Å². The van der Waals surface area contributed by atoms with E-state index in [9.17, 15) is 4.79 Å². The summed E-state index contributed by atoms with van der Waals surface area (Å²) in [6.45, 7) is 2.75. The fraction of sp³-hybridized carbons (Fsp3) is 0.100. The van der Waals surface area contributed by atoms with Crippen LogP contribution in [-0.2, 0) is 6.54 Å². The van der Waals surface area contributed by atoms with Crippen LogP contribution in [0.15, 0.2) is 71.7 Å². The fourth-order valence-electron chi connectivity index (χ4n) is 3.03. The predicted molar refractivity (Wildman–Crippen MR) is 96.1 cm³/mol. The van der Waals surface area contributed by atoms with Crippen LogP contribution in [0.5, 0.6) is 0 Å². The number of imidazole rings is 1. The normalized spacial score (nSPS) is 11.0. The number of benzene rings is 2. The van der Waals surface area contributed by atoms with E-state index in [1.54, 1.807) is 6.20 Å². The molecular weight excluding hydrogens is 298 g/mol. The zero-order chi connectivity index (χ0) is 16.5. The van der Waals surface area contributed by atoms with Gasteiger partial charge in [0, 0.05) is 12.7 Å². The highest BCUT2D eigenvalue weighted by atomic mass is 16.1. The van der Waals surface area contributed by atoms with E-state index in [2.05, 4.69) is 40.7 Å². The minimum Gasteiger partial charge on any atom is -0.328 e. The quantitative estimate of drug-likeness (QED) is 0.626. The first kappa shape index (κ1) is 14.5. The number of aromatic nitrogens is 3. The van der Waals surface area contributed by atoms with Gasteiger partial charge in [-0.25, -0.2) is 4.98 Å². The van der Waals surface area contributed by atoms with Gasteiger partial charge >= 0.3 is 0 Å². The molecule has 2 aromatic heterocycles. The van der Waals surface area contributed by atoms with E-state index in [1.807, 2.05) is 36.4 Å². The minimum absolute atomic E-state index is 0.127. The summed E-state index contributed by atoms with van der Waals surface area (Å²) in [7, 11) is 0. The van der Waals surface area contributed by atoms with E-state index in [1.165, 1.54) is 11.1 Å². The van der Waals surface area contributed by atoms with Crippen LogP contribution in [0.3, 0.4) is 0 Å². The Kier molecular flexibility index (Phi) is 3.50. The van der Waals surface area contributed by atoms with Crippen molar-refractivity contribution in [3.8, 4) is 11.4 Å². The molecule has 0 saturated heterocycles. The predicted octanol–water partition coefficient (Wildman–Crippen LogP) is 3.75. The van der Waals surface area contributed by atoms with Gasteiger partial charge in [0.15, 0.2) is 0 Å². The van der Waals surface area contributed by atoms with Crippen LogP contribution in [0.2, 0.25) is 0 Å². The number of fused-ring (bicyclic) bond motifs is 1. The molecule has 0 atom stereocenters. The molecule has 0 amide bonds. The van der Waals surface area contributed by atoms with Gasteiger partial charge in [-0.3, -0.25) is 4.79 Å². The molecule has 0 aliphatic carbocycles. The summed E-state index contributed by atoms with van der Waals surface area (Å²) < 4.78 is 2.11. The smallest absolute Gasteiger partial charge is 0.258 e. The topological polar surface area (TPSA) is 50.7 Å². The molecule has 4 aromatic rings. The SMILES string of the molecule is Cc1cccc(Cn2c(-c3ccc[nH]c3=O)nc3ccccc32)c1. The zero-order valence-electron chi connectivity index (χ0n) is 13.4. The largest absolute Gasteiger partial charge is 0.328 e. The van der Waals surface area contributed by atoms with Crippen LogP contribution >= 0.6 is 0 Å². The Hall–Kier alpha value is -3.14. The summed E-state index contributed by atoms with van der Waals surface area (Å²) in [5, 5.41) is 0. The van der Waals surface area contributed by atoms with Crippen molar-refractivity contribution in [2.45, 2.75) is 13.5 Å². The van der Waals surface area contributed by atoms with E-state index in [4.69, 9.17) is 4.98 Å². The van der Waals surface area contributed by atoms with Crippen molar-refractivity contribution in [3.63, 3.8) is 0 Å². The number of rotatable bonds is 3. The van der Waals surface area contributed by atoms with Crippen LogP contribution in [0, 0.1) is 6.92 Å². The number of nitrogens with zero attached hydrogens (tertiary/aromatic N) is 2. The van der Waals surface area contributed by atoms with E-state index in [0.717, 1.165) is 11.0 Å². The Balaban J connectivity index is 1.94. The molecule has 0 spiro atoms. The molecule has 118 valence electrons. The van der Waals surface area contributed by atoms with Crippen molar-refractivity contribution in [1.82, 2.24) is 14.5 Å². The number of hydrogen-bond donors (Lipinski definition) is 1. The third-order valence-corrected chi connectivity index (χ3v) is 4.14. The van der Waals surface area contributed by atoms with Crippen LogP contribution in [0.1, 0.15) is 11.1 Å². The molecule has 0 aliphatic rings. The number of aromatic amines is 1. The van der Waals surface area contributed by atoms with E-state index >= 15 is 0 Å². The summed E-state index contributed by atoms with van der Waals surface area (Å²) in [4.78, 5) is 19.7. The Morgan fingerprint density at radius 1 is 1.04 bits per heavy atom. The monoisotopic (exact) mass is 315 g/mol. The maximum Gasteiger partial charge on any atom is 0.258 e.